The third kappa shape index (κ3) is 41.7. The predicted molar refractivity (Wildman–Crippen MR) is 36.2 cm³/mol. The number of carbonyl (C=O) groups is 1. The smallest absolute Gasteiger partial charge is 0.317 e. The number of rotatable bonds is 1. The van der Waals surface area contributed by atoms with E-state index < -0.39 is 5.97 Å². The molecule has 0 fully saturated rings. The van der Waals surface area contributed by atoms with Gasteiger partial charge >= 0.3 is 5.97 Å². The fourth-order valence-electron chi connectivity index (χ4n) is 0. The maximum Gasteiger partial charge on any atom is 0.317 e. The van der Waals surface area contributed by atoms with Crippen LogP contribution in [0.5, 0.6) is 0 Å². The molecule has 0 rings (SSSR count). The first kappa shape index (κ1) is 10.7. The van der Waals surface area contributed by atoms with Crippen LogP contribution < -0.4 is 5.73 Å². The number of carboxylic acids is 1. The van der Waals surface area contributed by atoms with Crippen LogP contribution in [-0.2, 0) is 4.79 Å². The molecule has 0 aliphatic rings. The van der Waals surface area contributed by atoms with Crippen LogP contribution in [0.3, 0.4) is 0 Å². The number of carboxylic acid groups (broad SMARTS) is 1. The van der Waals surface area contributed by atoms with Gasteiger partial charge in [0, 0.05) is 0 Å². The summed E-state index contributed by atoms with van der Waals surface area (Å²) in [6.45, 7) is 1.71. The highest BCUT2D eigenvalue weighted by Gasteiger charge is 1.81. The zero-order valence-corrected chi connectivity index (χ0v) is 5.69. The standard InChI is InChI=1S/C2H5NO2.C2H6S/c3-1-2(4)5;1-2-3/h1,3H2,(H,4,5);3H,2H2,1H3. The molecule has 0 unspecified atom stereocenters. The van der Waals surface area contributed by atoms with E-state index >= 15 is 0 Å². The third-order valence-corrected chi connectivity index (χ3v) is 0.175. The fourth-order valence-corrected chi connectivity index (χ4v) is 0. The molecule has 0 bridgehead atoms. The van der Waals surface area contributed by atoms with Gasteiger partial charge < -0.3 is 10.8 Å². The lowest BCUT2D eigenvalue weighted by Crippen LogP contribution is -2.10. The molecule has 4 heteroatoms. The second kappa shape index (κ2) is 9.91. The Morgan fingerprint density at radius 2 is 2.00 bits per heavy atom. The summed E-state index contributed by atoms with van der Waals surface area (Å²) in [6, 6.07) is 0. The van der Waals surface area contributed by atoms with E-state index in [-0.39, 0.29) is 6.54 Å². The van der Waals surface area contributed by atoms with Gasteiger partial charge in [-0.15, -0.1) is 0 Å². The topological polar surface area (TPSA) is 63.3 Å². The van der Waals surface area contributed by atoms with Crippen LogP contribution in [0.4, 0.5) is 0 Å². The van der Waals surface area contributed by atoms with Crippen LogP contribution in [0.2, 0.25) is 0 Å². The Labute approximate surface area is 54.3 Å². The molecule has 0 aliphatic heterocycles. The molecule has 0 saturated heterocycles. The Morgan fingerprint density at radius 3 is 2.00 bits per heavy atom. The molecule has 0 aromatic carbocycles. The van der Waals surface area contributed by atoms with Gasteiger partial charge in [0.2, 0.25) is 0 Å². The van der Waals surface area contributed by atoms with E-state index in [1.807, 2.05) is 6.92 Å². The molecule has 0 saturated carbocycles. The Morgan fingerprint density at radius 1 is 1.88 bits per heavy atom. The predicted octanol–water partition coefficient (Wildman–Crippen LogP) is -0.0342. The number of thiol groups is 1. The summed E-state index contributed by atoms with van der Waals surface area (Å²) in [7, 11) is 0. The molecule has 3 N–H and O–H groups in total. The van der Waals surface area contributed by atoms with Gasteiger partial charge in [0.15, 0.2) is 0 Å². The quantitative estimate of drug-likeness (QED) is 0.444. The molecule has 8 heavy (non-hydrogen) atoms. The van der Waals surface area contributed by atoms with Crippen molar-refractivity contribution in [1.82, 2.24) is 0 Å². The van der Waals surface area contributed by atoms with Gasteiger partial charge in [-0.25, -0.2) is 0 Å². The molecular weight excluding hydrogens is 126 g/mol. The van der Waals surface area contributed by atoms with E-state index in [9.17, 15) is 4.79 Å². The second-order valence-electron chi connectivity index (χ2n) is 0.914. The van der Waals surface area contributed by atoms with Gasteiger partial charge in [-0.05, 0) is 5.75 Å². The average molecular weight is 137 g/mol. The van der Waals surface area contributed by atoms with E-state index in [0.29, 0.717) is 0 Å². The van der Waals surface area contributed by atoms with Crippen molar-refractivity contribution in [3.63, 3.8) is 0 Å². The Hall–Kier alpha value is -0.220. The van der Waals surface area contributed by atoms with E-state index in [2.05, 4.69) is 18.4 Å². The summed E-state index contributed by atoms with van der Waals surface area (Å²) in [5.41, 5.74) is 4.57. The van der Waals surface area contributed by atoms with Gasteiger partial charge in [-0.3, -0.25) is 4.79 Å². The number of hydrogen-bond acceptors (Lipinski definition) is 3. The highest BCUT2D eigenvalue weighted by molar-refractivity contribution is 7.80. The van der Waals surface area contributed by atoms with Crippen LogP contribution in [0, 0.1) is 0 Å². The lowest BCUT2D eigenvalue weighted by Gasteiger charge is -1.73. The monoisotopic (exact) mass is 137 g/mol. The molecule has 0 aromatic rings. The molecule has 0 heterocycles. The molecule has 0 amide bonds. The summed E-state index contributed by atoms with van der Waals surface area (Å²) in [5, 5.41) is 7.60. The lowest BCUT2D eigenvalue weighted by atomic mass is 10.7. The highest BCUT2D eigenvalue weighted by Crippen LogP contribution is 1.58. The Balaban J connectivity index is 0. The van der Waals surface area contributed by atoms with E-state index in [0.717, 1.165) is 5.75 Å². The van der Waals surface area contributed by atoms with Crippen molar-refractivity contribution < 1.29 is 9.90 Å². The van der Waals surface area contributed by atoms with Crippen molar-refractivity contribution in [2.75, 3.05) is 12.3 Å². The zero-order valence-electron chi connectivity index (χ0n) is 4.79. The normalized spacial score (nSPS) is 6.88. The highest BCUT2D eigenvalue weighted by atomic mass is 32.1. The summed E-state index contributed by atoms with van der Waals surface area (Å²) in [5.74, 6) is -0.0231. The van der Waals surface area contributed by atoms with Crippen molar-refractivity contribution in [2.45, 2.75) is 6.92 Å². The van der Waals surface area contributed by atoms with Crippen molar-refractivity contribution in [2.24, 2.45) is 5.73 Å². The Bertz CT molecular complexity index is 58.0. The molecule has 0 spiro atoms. The van der Waals surface area contributed by atoms with Gasteiger partial charge in [0.05, 0.1) is 6.54 Å². The number of nitrogens with two attached hydrogens (primary N) is 1. The Kier molecular flexibility index (Phi) is 13.3. The zero-order chi connectivity index (χ0) is 6.99. The molecule has 50 valence electrons. The van der Waals surface area contributed by atoms with E-state index in [4.69, 9.17) is 5.11 Å². The van der Waals surface area contributed by atoms with Crippen LogP contribution in [0.1, 0.15) is 6.92 Å². The minimum atomic E-state index is -0.968. The van der Waals surface area contributed by atoms with Crippen LogP contribution in [0.25, 0.3) is 0 Å². The summed E-state index contributed by atoms with van der Waals surface area (Å²) >= 11 is 3.79. The van der Waals surface area contributed by atoms with Gasteiger partial charge in [0.25, 0.3) is 0 Å². The number of aliphatic carboxylic acids is 1. The summed E-state index contributed by atoms with van der Waals surface area (Å²) in [4.78, 5) is 9.24. The van der Waals surface area contributed by atoms with Crippen LogP contribution in [-0.4, -0.2) is 23.4 Å². The SMILES string of the molecule is CCS.NCC(=O)O. The summed E-state index contributed by atoms with van der Waals surface area (Å²) < 4.78 is 0. The number of hydrogen-bond donors (Lipinski definition) is 3. The van der Waals surface area contributed by atoms with Gasteiger partial charge in [-0.1, -0.05) is 6.92 Å². The van der Waals surface area contributed by atoms with E-state index in [1.54, 1.807) is 0 Å². The summed E-state index contributed by atoms with van der Waals surface area (Å²) in [6.07, 6.45) is 0. The van der Waals surface area contributed by atoms with Crippen molar-refractivity contribution >= 4 is 18.6 Å². The maximum atomic E-state index is 9.24. The van der Waals surface area contributed by atoms with Gasteiger partial charge in [0.1, 0.15) is 0 Å². The van der Waals surface area contributed by atoms with Crippen LogP contribution in [0.15, 0.2) is 0 Å². The fraction of sp³-hybridized carbons (Fsp3) is 0.750. The molecule has 3 nitrogen and oxygen atoms in total. The van der Waals surface area contributed by atoms with E-state index in [1.165, 1.54) is 0 Å². The first-order chi connectivity index (χ1) is 3.68. The first-order valence-electron chi connectivity index (χ1n) is 2.21. The maximum absolute atomic E-state index is 9.24. The minimum absolute atomic E-state index is 0.278. The van der Waals surface area contributed by atoms with Crippen molar-refractivity contribution in [1.29, 1.82) is 0 Å². The lowest BCUT2D eigenvalue weighted by molar-refractivity contribution is -0.135. The molecule has 0 atom stereocenters. The average Bonchev–Trinajstić information content (AvgIpc) is 1.69. The van der Waals surface area contributed by atoms with Crippen molar-refractivity contribution in [3.8, 4) is 0 Å². The van der Waals surface area contributed by atoms with Crippen LogP contribution >= 0.6 is 12.6 Å². The first-order valence-corrected chi connectivity index (χ1v) is 2.85. The second-order valence-corrected chi connectivity index (χ2v) is 1.55. The molecule has 0 radical (unpaired) electrons. The molecule has 0 aromatic heterocycles. The molecule has 0 aliphatic carbocycles. The molecular formula is C4H11NO2S. The minimum Gasteiger partial charge on any atom is -0.480 e. The van der Waals surface area contributed by atoms with Crippen molar-refractivity contribution in [3.05, 3.63) is 0 Å². The van der Waals surface area contributed by atoms with Gasteiger partial charge in [-0.2, -0.15) is 12.6 Å². The largest absolute Gasteiger partial charge is 0.480 e. The third-order valence-electron chi connectivity index (χ3n) is 0.175.